The molecule has 1 saturated carbocycles. The fourth-order valence-corrected chi connectivity index (χ4v) is 1.94. The number of carboxylic acids is 1. The van der Waals surface area contributed by atoms with Gasteiger partial charge in [0, 0.05) is 18.7 Å². The molecule has 4 heteroatoms. The molecule has 0 bridgehead atoms. The Balaban J connectivity index is 2.15. The van der Waals surface area contributed by atoms with E-state index in [2.05, 4.69) is 0 Å². The Bertz CT molecular complexity index is 466. The normalized spacial score (nSPS) is 14.3. The molecule has 4 nitrogen and oxygen atoms in total. The van der Waals surface area contributed by atoms with E-state index >= 15 is 0 Å². The maximum atomic E-state index is 12.2. The molecule has 0 unspecified atom stereocenters. The number of benzene rings is 1. The van der Waals surface area contributed by atoms with Crippen LogP contribution in [0.15, 0.2) is 24.3 Å². The third-order valence-corrected chi connectivity index (χ3v) is 3.20. The lowest BCUT2D eigenvalue weighted by molar-refractivity contribution is 0.0697. The lowest BCUT2D eigenvalue weighted by Gasteiger charge is -2.20. The second kappa shape index (κ2) is 5.21. The molecule has 1 aliphatic carbocycles. The van der Waals surface area contributed by atoms with Gasteiger partial charge in [-0.3, -0.25) is 4.79 Å². The highest BCUT2D eigenvalue weighted by Gasteiger charge is 2.26. The molecule has 0 aromatic heterocycles. The number of amides is 1. The van der Waals surface area contributed by atoms with Crippen LogP contribution in [-0.2, 0) is 0 Å². The van der Waals surface area contributed by atoms with Crippen molar-refractivity contribution in [1.82, 2.24) is 4.90 Å². The van der Waals surface area contributed by atoms with Gasteiger partial charge in [0.2, 0.25) is 0 Å². The molecule has 0 radical (unpaired) electrons. The highest BCUT2D eigenvalue weighted by molar-refractivity contribution is 5.97. The van der Waals surface area contributed by atoms with E-state index in [4.69, 9.17) is 5.11 Å². The highest BCUT2D eigenvalue weighted by Crippen LogP contribution is 2.30. The highest BCUT2D eigenvalue weighted by atomic mass is 16.4. The van der Waals surface area contributed by atoms with Gasteiger partial charge in [0.15, 0.2) is 0 Å². The first kappa shape index (κ1) is 12.6. The third kappa shape index (κ3) is 2.88. The number of carboxylic acid groups (broad SMARTS) is 1. The number of nitrogens with zero attached hydrogens (tertiary/aromatic N) is 1. The van der Waals surface area contributed by atoms with Gasteiger partial charge < -0.3 is 10.0 Å². The Kier molecular flexibility index (Phi) is 3.65. The Morgan fingerprint density at radius 3 is 2.56 bits per heavy atom. The van der Waals surface area contributed by atoms with E-state index in [1.54, 1.807) is 17.0 Å². The third-order valence-electron chi connectivity index (χ3n) is 3.20. The van der Waals surface area contributed by atoms with Crippen LogP contribution in [0.5, 0.6) is 0 Å². The molecule has 2 rings (SSSR count). The van der Waals surface area contributed by atoms with Crippen molar-refractivity contribution in [3.05, 3.63) is 35.4 Å². The van der Waals surface area contributed by atoms with Crippen molar-refractivity contribution in [1.29, 1.82) is 0 Å². The van der Waals surface area contributed by atoms with Crippen LogP contribution in [-0.4, -0.2) is 35.0 Å². The van der Waals surface area contributed by atoms with Gasteiger partial charge in [-0.2, -0.15) is 0 Å². The molecule has 1 amide bonds. The number of carbonyl (C=O) groups excluding carboxylic acids is 1. The summed E-state index contributed by atoms with van der Waals surface area (Å²) in [6, 6.07) is 6.22. The average molecular weight is 247 g/mol. The van der Waals surface area contributed by atoms with Crippen molar-refractivity contribution in [3.63, 3.8) is 0 Å². The smallest absolute Gasteiger partial charge is 0.335 e. The SMILES string of the molecule is CCN(CC1CC1)C(=O)c1cccc(C(=O)O)c1. The summed E-state index contributed by atoms with van der Waals surface area (Å²) in [6.45, 7) is 3.39. The Hall–Kier alpha value is -1.84. The largest absolute Gasteiger partial charge is 0.478 e. The van der Waals surface area contributed by atoms with Gasteiger partial charge >= 0.3 is 5.97 Å². The van der Waals surface area contributed by atoms with Gasteiger partial charge in [0.1, 0.15) is 0 Å². The van der Waals surface area contributed by atoms with Crippen molar-refractivity contribution in [2.75, 3.05) is 13.1 Å². The second-order valence-corrected chi connectivity index (χ2v) is 4.67. The molecule has 1 aliphatic rings. The van der Waals surface area contributed by atoms with Gasteiger partial charge in [-0.15, -0.1) is 0 Å². The van der Waals surface area contributed by atoms with E-state index in [0.29, 0.717) is 18.0 Å². The summed E-state index contributed by atoms with van der Waals surface area (Å²) >= 11 is 0. The minimum Gasteiger partial charge on any atom is -0.478 e. The van der Waals surface area contributed by atoms with Crippen molar-refractivity contribution >= 4 is 11.9 Å². The molecule has 1 N–H and O–H groups in total. The van der Waals surface area contributed by atoms with E-state index in [9.17, 15) is 9.59 Å². The lowest BCUT2D eigenvalue weighted by Crippen LogP contribution is -2.32. The topological polar surface area (TPSA) is 57.6 Å². The molecule has 0 spiro atoms. The summed E-state index contributed by atoms with van der Waals surface area (Å²) in [5.74, 6) is -0.445. The van der Waals surface area contributed by atoms with Crippen LogP contribution in [0.4, 0.5) is 0 Å². The average Bonchev–Trinajstić information content (AvgIpc) is 3.19. The van der Waals surface area contributed by atoms with E-state index in [-0.39, 0.29) is 11.5 Å². The summed E-state index contributed by atoms with van der Waals surface area (Å²) in [6.07, 6.45) is 2.39. The van der Waals surface area contributed by atoms with Crippen LogP contribution in [0.2, 0.25) is 0 Å². The lowest BCUT2D eigenvalue weighted by atomic mass is 10.1. The summed E-state index contributed by atoms with van der Waals surface area (Å²) in [5.41, 5.74) is 0.612. The molecule has 0 aliphatic heterocycles. The van der Waals surface area contributed by atoms with Gasteiger partial charge in [0.05, 0.1) is 5.56 Å². The van der Waals surface area contributed by atoms with Crippen molar-refractivity contribution in [3.8, 4) is 0 Å². The predicted octanol–water partition coefficient (Wildman–Crippen LogP) is 2.26. The quantitative estimate of drug-likeness (QED) is 0.868. The van der Waals surface area contributed by atoms with Crippen LogP contribution in [0.3, 0.4) is 0 Å². The summed E-state index contributed by atoms with van der Waals surface area (Å²) in [7, 11) is 0. The van der Waals surface area contributed by atoms with E-state index in [0.717, 1.165) is 6.54 Å². The zero-order chi connectivity index (χ0) is 13.1. The Labute approximate surface area is 106 Å². The van der Waals surface area contributed by atoms with Crippen molar-refractivity contribution in [2.24, 2.45) is 5.92 Å². The molecule has 0 heterocycles. The molecular formula is C14H17NO3. The maximum Gasteiger partial charge on any atom is 0.335 e. The van der Waals surface area contributed by atoms with Gasteiger partial charge in [0.25, 0.3) is 5.91 Å². The monoisotopic (exact) mass is 247 g/mol. The molecule has 1 aromatic rings. The summed E-state index contributed by atoms with van der Waals surface area (Å²) in [4.78, 5) is 24.9. The Morgan fingerprint density at radius 1 is 1.33 bits per heavy atom. The number of aromatic carboxylic acids is 1. The van der Waals surface area contributed by atoms with Crippen molar-refractivity contribution in [2.45, 2.75) is 19.8 Å². The zero-order valence-corrected chi connectivity index (χ0v) is 10.4. The van der Waals surface area contributed by atoms with Gasteiger partial charge in [-0.05, 0) is 43.9 Å². The van der Waals surface area contributed by atoms with Crippen LogP contribution in [0.1, 0.15) is 40.5 Å². The minimum atomic E-state index is -1.00. The van der Waals surface area contributed by atoms with Gasteiger partial charge in [-0.1, -0.05) is 6.07 Å². The van der Waals surface area contributed by atoms with E-state index in [1.807, 2.05) is 6.92 Å². The maximum absolute atomic E-state index is 12.2. The molecule has 0 saturated heterocycles. The van der Waals surface area contributed by atoms with Crippen LogP contribution in [0, 0.1) is 5.92 Å². The number of hydrogen-bond donors (Lipinski definition) is 1. The molecular weight excluding hydrogens is 230 g/mol. The first-order valence-corrected chi connectivity index (χ1v) is 6.24. The van der Waals surface area contributed by atoms with Crippen molar-refractivity contribution < 1.29 is 14.7 Å². The van der Waals surface area contributed by atoms with Crippen LogP contribution in [0.25, 0.3) is 0 Å². The van der Waals surface area contributed by atoms with Crippen LogP contribution < -0.4 is 0 Å². The minimum absolute atomic E-state index is 0.0764. The Morgan fingerprint density at radius 2 is 2.00 bits per heavy atom. The zero-order valence-electron chi connectivity index (χ0n) is 10.4. The number of rotatable bonds is 5. The van der Waals surface area contributed by atoms with Crippen LogP contribution >= 0.6 is 0 Å². The van der Waals surface area contributed by atoms with E-state index in [1.165, 1.54) is 25.0 Å². The first-order chi connectivity index (χ1) is 8.61. The predicted molar refractivity (Wildman–Crippen MR) is 67.7 cm³/mol. The standard InChI is InChI=1S/C14H17NO3/c1-2-15(9-10-6-7-10)13(16)11-4-3-5-12(8-11)14(17)18/h3-5,8,10H,2,6-7,9H2,1H3,(H,17,18). The number of carbonyl (C=O) groups is 2. The second-order valence-electron chi connectivity index (χ2n) is 4.67. The van der Waals surface area contributed by atoms with E-state index < -0.39 is 5.97 Å². The summed E-state index contributed by atoms with van der Waals surface area (Å²) in [5, 5.41) is 8.92. The number of hydrogen-bond acceptors (Lipinski definition) is 2. The van der Waals surface area contributed by atoms with Gasteiger partial charge in [-0.25, -0.2) is 4.79 Å². The molecule has 1 aromatic carbocycles. The summed E-state index contributed by atoms with van der Waals surface area (Å²) < 4.78 is 0. The molecule has 18 heavy (non-hydrogen) atoms. The molecule has 1 fully saturated rings. The molecule has 96 valence electrons. The fraction of sp³-hybridized carbons (Fsp3) is 0.429. The fourth-order valence-electron chi connectivity index (χ4n) is 1.94. The molecule has 0 atom stereocenters. The first-order valence-electron chi connectivity index (χ1n) is 6.24.